The van der Waals surface area contributed by atoms with Gasteiger partial charge in [0.05, 0.1) is 5.56 Å². The molecule has 108 valence electrons. The summed E-state index contributed by atoms with van der Waals surface area (Å²) in [5.41, 5.74) is -1.29. The van der Waals surface area contributed by atoms with Crippen LogP contribution in [0.25, 0.3) is 0 Å². The summed E-state index contributed by atoms with van der Waals surface area (Å²) in [5.74, 6) is -4.15. The number of ketones is 1. The first-order chi connectivity index (χ1) is 9.10. The van der Waals surface area contributed by atoms with Crippen molar-refractivity contribution in [3.05, 3.63) is 29.6 Å². The third-order valence-corrected chi connectivity index (χ3v) is 2.05. The van der Waals surface area contributed by atoms with E-state index in [4.69, 9.17) is 9.84 Å². The number of carbonyl (C=O) groups excluding carboxylic acids is 2. The maximum Gasteiger partial charge on any atom is 0.412 e. The first kappa shape index (κ1) is 15.6. The third kappa shape index (κ3) is 4.34. The molecule has 0 saturated heterocycles. The van der Waals surface area contributed by atoms with Gasteiger partial charge in [0, 0.05) is 5.69 Å². The predicted octanol–water partition coefficient (Wildman–Crippen LogP) is 2.44. The van der Waals surface area contributed by atoms with Crippen molar-refractivity contribution in [3.63, 3.8) is 0 Å². The number of anilines is 1. The minimum absolute atomic E-state index is 0.0604. The Balaban J connectivity index is 2.94. The van der Waals surface area contributed by atoms with Crippen LogP contribution in [0, 0.1) is 5.82 Å². The van der Waals surface area contributed by atoms with Crippen molar-refractivity contribution < 1.29 is 28.6 Å². The second-order valence-electron chi connectivity index (χ2n) is 4.96. The van der Waals surface area contributed by atoms with Gasteiger partial charge in [-0.05, 0) is 39.0 Å². The summed E-state index contributed by atoms with van der Waals surface area (Å²) < 4.78 is 18.3. The van der Waals surface area contributed by atoms with Crippen molar-refractivity contribution in [1.82, 2.24) is 0 Å². The van der Waals surface area contributed by atoms with E-state index >= 15 is 0 Å². The Hall–Kier alpha value is -2.44. The highest BCUT2D eigenvalue weighted by molar-refractivity contribution is 6.40. The molecule has 1 aromatic carbocycles. The Labute approximate surface area is 114 Å². The van der Waals surface area contributed by atoms with E-state index in [1.165, 1.54) is 6.07 Å². The van der Waals surface area contributed by atoms with Crippen molar-refractivity contribution in [2.24, 2.45) is 0 Å². The van der Waals surface area contributed by atoms with Gasteiger partial charge >= 0.3 is 12.1 Å². The SMILES string of the molecule is CC(C)(C)OC(=O)Nc1ccc(F)c(C(=O)C(=O)O)c1. The molecular formula is C13H14FNO5. The second kappa shape index (κ2) is 5.68. The summed E-state index contributed by atoms with van der Waals surface area (Å²) in [6, 6.07) is 3.02. The standard InChI is InChI=1S/C13H14FNO5/c1-13(2,3)20-12(19)15-7-4-5-9(14)8(6-7)10(16)11(17)18/h4-6H,1-3H3,(H,15,19)(H,17,18). The molecule has 0 saturated carbocycles. The third-order valence-electron chi connectivity index (χ3n) is 2.05. The summed E-state index contributed by atoms with van der Waals surface area (Å²) in [4.78, 5) is 33.3. The highest BCUT2D eigenvalue weighted by Crippen LogP contribution is 2.17. The molecule has 1 rings (SSSR count). The van der Waals surface area contributed by atoms with Gasteiger partial charge in [-0.3, -0.25) is 10.1 Å². The van der Waals surface area contributed by atoms with Gasteiger partial charge in [0.25, 0.3) is 5.78 Å². The highest BCUT2D eigenvalue weighted by atomic mass is 19.1. The smallest absolute Gasteiger partial charge is 0.412 e. The normalized spacial score (nSPS) is 10.8. The zero-order valence-corrected chi connectivity index (χ0v) is 11.2. The molecule has 7 heteroatoms. The fourth-order valence-corrected chi connectivity index (χ4v) is 1.31. The fourth-order valence-electron chi connectivity index (χ4n) is 1.31. The van der Waals surface area contributed by atoms with Crippen LogP contribution in [0.3, 0.4) is 0 Å². The number of nitrogens with one attached hydrogen (secondary N) is 1. The molecule has 0 aliphatic heterocycles. The number of aliphatic carboxylic acids is 1. The number of hydrogen-bond donors (Lipinski definition) is 2. The zero-order chi connectivity index (χ0) is 15.5. The van der Waals surface area contributed by atoms with E-state index < -0.39 is 34.8 Å². The highest BCUT2D eigenvalue weighted by Gasteiger charge is 2.21. The van der Waals surface area contributed by atoms with Crippen LogP contribution >= 0.6 is 0 Å². The number of halogens is 1. The van der Waals surface area contributed by atoms with Gasteiger partial charge in [0.1, 0.15) is 11.4 Å². The lowest BCUT2D eigenvalue weighted by Gasteiger charge is -2.19. The number of ether oxygens (including phenoxy) is 1. The van der Waals surface area contributed by atoms with Crippen molar-refractivity contribution >= 4 is 23.5 Å². The van der Waals surface area contributed by atoms with Gasteiger partial charge in [-0.15, -0.1) is 0 Å². The van der Waals surface area contributed by atoms with Crippen LogP contribution in [-0.4, -0.2) is 28.6 Å². The number of carbonyl (C=O) groups is 3. The van der Waals surface area contributed by atoms with Crippen LogP contribution in [0.15, 0.2) is 18.2 Å². The van der Waals surface area contributed by atoms with Gasteiger partial charge in [-0.25, -0.2) is 14.0 Å². The number of Topliss-reactive ketones (excluding diaryl/α,β-unsaturated/α-hetero) is 1. The molecule has 0 fully saturated rings. The summed E-state index contributed by atoms with van der Waals surface area (Å²) in [5, 5.41) is 10.8. The minimum Gasteiger partial charge on any atom is -0.475 e. The number of benzene rings is 1. The van der Waals surface area contributed by atoms with Crippen molar-refractivity contribution in [2.45, 2.75) is 26.4 Å². The van der Waals surface area contributed by atoms with Gasteiger partial charge in [-0.2, -0.15) is 0 Å². The molecule has 0 unspecified atom stereocenters. The fraction of sp³-hybridized carbons (Fsp3) is 0.308. The first-order valence-corrected chi connectivity index (χ1v) is 5.67. The van der Waals surface area contributed by atoms with E-state index in [-0.39, 0.29) is 5.69 Å². The molecule has 1 aromatic rings. The van der Waals surface area contributed by atoms with Gasteiger partial charge in [0.15, 0.2) is 0 Å². The first-order valence-electron chi connectivity index (χ1n) is 5.67. The number of carboxylic acids is 1. The van der Waals surface area contributed by atoms with Crippen LogP contribution in [0.1, 0.15) is 31.1 Å². The second-order valence-corrected chi connectivity index (χ2v) is 4.96. The van der Waals surface area contributed by atoms with Crippen LogP contribution in [-0.2, 0) is 9.53 Å². The molecule has 1 amide bonds. The van der Waals surface area contributed by atoms with E-state index in [0.717, 1.165) is 12.1 Å². The number of carboxylic acid groups (broad SMARTS) is 1. The van der Waals surface area contributed by atoms with E-state index in [0.29, 0.717) is 0 Å². The number of amides is 1. The number of rotatable bonds is 3. The molecule has 0 radical (unpaired) electrons. The maximum atomic E-state index is 13.4. The van der Waals surface area contributed by atoms with Crippen LogP contribution in [0.2, 0.25) is 0 Å². The van der Waals surface area contributed by atoms with Crippen LogP contribution < -0.4 is 5.32 Å². The Morgan fingerprint density at radius 2 is 1.85 bits per heavy atom. The van der Waals surface area contributed by atoms with E-state index in [9.17, 15) is 18.8 Å². The van der Waals surface area contributed by atoms with Gasteiger partial charge in [0.2, 0.25) is 0 Å². The Morgan fingerprint density at radius 1 is 1.25 bits per heavy atom. The molecule has 2 N–H and O–H groups in total. The molecule has 0 aliphatic rings. The molecule has 0 bridgehead atoms. The van der Waals surface area contributed by atoms with Crippen molar-refractivity contribution in [2.75, 3.05) is 5.32 Å². The largest absolute Gasteiger partial charge is 0.475 e. The van der Waals surface area contributed by atoms with Gasteiger partial charge in [-0.1, -0.05) is 0 Å². The summed E-state index contributed by atoms with van der Waals surface area (Å²) in [7, 11) is 0. The van der Waals surface area contributed by atoms with Crippen molar-refractivity contribution in [1.29, 1.82) is 0 Å². The summed E-state index contributed by atoms with van der Waals surface area (Å²) >= 11 is 0. The van der Waals surface area contributed by atoms with Crippen LogP contribution in [0.5, 0.6) is 0 Å². The molecule has 0 spiro atoms. The van der Waals surface area contributed by atoms with Crippen molar-refractivity contribution in [3.8, 4) is 0 Å². The Bertz CT molecular complexity index is 562. The monoisotopic (exact) mass is 283 g/mol. The molecule has 6 nitrogen and oxygen atoms in total. The molecule has 20 heavy (non-hydrogen) atoms. The Kier molecular flexibility index (Phi) is 4.44. The molecule has 0 atom stereocenters. The van der Waals surface area contributed by atoms with E-state index in [2.05, 4.69) is 5.32 Å². The zero-order valence-electron chi connectivity index (χ0n) is 11.2. The average Bonchev–Trinajstić information content (AvgIpc) is 2.28. The molecule has 0 heterocycles. The number of hydrogen-bond acceptors (Lipinski definition) is 4. The minimum atomic E-state index is -1.78. The van der Waals surface area contributed by atoms with E-state index in [1.54, 1.807) is 20.8 Å². The lowest BCUT2D eigenvalue weighted by molar-refractivity contribution is -0.131. The predicted molar refractivity (Wildman–Crippen MR) is 68.2 cm³/mol. The summed E-state index contributed by atoms with van der Waals surface area (Å²) in [6.45, 7) is 4.99. The lowest BCUT2D eigenvalue weighted by atomic mass is 10.1. The topological polar surface area (TPSA) is 92.7 Å². The average molecular weight is 283 g/mol. The maximum absolute atomic E-state index is 13.4. The Morgan fingerprint density at radius 3 is 2.35 bits per heavy atom. The quantitative estimate of drug-likeness (QED) is 0.656. The van der Waals surface area contributed by atoms with Crippen LogP contribution in [0.4, 0.5) is 14.9 Å². The molecule has 0 aromatic heterocycles. The molecular weight excluding hydrogens is 269 g/mol. The summed E-state index contributed by atoms with van der Waals surface area (Å²) in [6.07, 6.45) is -0.794. The molecule has 0 aliphatic carbocycles. The van der Waals surface area contributed by atoms with Gasteiger partial charge < -0.3 is 9.84 Å². The van der Waals surface area contributed by atoms with E-state index in [1.807, 2.05) is 0 Å². The lowest BCUT2D eigenvalue weighted by Crippen LogP contribution is -2.27.